The summed E-state index contributed by atoms with van der Waals surface area (Å²) in [7, 11) is 1.74. The summed E-state index contributed by atoms with van der Waals surface area (Å²) in [5.41, 5.74) is 1.93. The number of aromatic nitrogens is 2. The van der Waals surface area contributed by atoms with Gasteiger partial charge in [0.05, 0.1) is 27.2 Å². The number of fused-ring (bicyclic) bond motifs is 1. The van der Waals surface area contributed by atoms with Gasteiger partial charge in [0.15, 0.2) is 4.77 Å². The van der Waals surface area contributed by atoms with Crippen molar-refractivity contribution in [2.24, 2.45) is 0 Å². The van der Waals surface area contributed by atoms with Crippen molar-refractivity contribution >= 4 is 46.5 Å². The number of ether oxygens (including phenoxy) is 1. The maximum Gasteiger partial charge on any atom is 0.178 e. The van der Waals surface area contributed by atoms with Crippen molar-refractivity contribution in [3.63, 3.8) is 0 Å². The quantitative estimate of drug-likeness (QED) is 0.836. The van der Waals surface area contributed by atoms with Crippen LogP contribution in [-0.2, 0) is 4.74 Å². The van der Waals surface area contributed by atoms with Crippen LogP contribution in [0.3, 0.4) is 0 Å². The maximum absolute atomic E-state index is 6.07. The normalized spacial score (nSPS) is 23.3. The Morgan fingerprint density at radius 1 is 1.33 bits per heavy atom. The number of benzene rings is 1. The molecule has 0 radical (unpaired) electrons. The predicted octanol–water partition coefficient (Wildman–Crippen LogP) is 4.36. The van der Waals surface area contributed by atoms with E-state index in [1.165, 1.54) is 0 Å². The average Bonchev–Trinajstić information content (AvgIpc) is 2.55. The van der Waals surface area contributed by atoms with E-state index in [0.717, 1.165) is 23.9 Å². The lowest BCUT2D eigenvalue weighted by Crippen LogP contribution is -2.32. The zero-order valence-corrected chi connectivity index (χ0v) is 12.1. The number of hydrogen-bond donors (Lipinski definition) is 1. The molecular formula is C12H12Cl2N2OS. The largest absolute Gasteiger partial charge is 0.381 e. The van der Waals surface area contributed by atoms with E-state index < -0.39 is 0 Å². The van der Waals surface area contributed by atoms with Gasteiger partial charge in [-0.3, -0.25) is 0 Å². The molecule has 0 unspecified atom stereocenters. The van der Waals surface area contributed by atoms with Crippen LogP contribution in [-0.4, -0.2) is 22.8 Å². The topological polar surface area (TPSA) is 29.9 Å². The van der Waals surface area contributed by atoms with Crippen LogP contribution >= 0.6 is 35.4 Å². The molecule has 18 heavy (non-hydrogen) atoms. The van der Waals surface area contributed by atoms with Crippen LogP contribution in [0.4, 0.5) is 0 Å². The number of halogens is 2. The van der Waals surface area contributed by atoms with Gasteiger partial charge >= 0.3 is 0 Å². The summed E-state index contributed by atoms with van der Waals surface area (Å²) in [5.74, 6) is 0. The Morgan fingerprint density at radius 3 is 2.67 bits per heavy atom. The highest BCUT2D eigenvalue weighted by Crippen LogP contribution is 2.38. The number of aromatic amines is 1. The summed E-state index contributed by atoms with van der Waals surface area (Å²) in [6, 6.07) is 4.07. The third-order valence-electron chi connectivity index (χ3n) is 3.53. The Balaban J connectivity index is 2.09. The van der Waals surface area contributed by atoms with Crippen LogP contribution in [0, 0.1) is 4.77 Å². The first-order valence-corrected chi connectivity index (χ1v) is 6.88. The second-order valence-corrected chi connectivity index (χ2v) is 5.77. The zero-order valence-electron chi connectivity index (χ0n) is 9.74. The molecule has 1 heterocycles. The van der Waals surface area contributed by atoms with Gasteiger partial charge in [-0.15, -0.1) is 0 Å². The summed E-state index contributed by atoms with van der Waals surface area (Å²) in [6.45, 7) is 0. The Kier molecular flexibility index (Phi) is 3.14. The van der Waals surface area contributed by atoms with E-state index in [-0.39, 0.29) is 0 Å². The SMILES string of the molecule is COC1CC(n2c(=S)[nH]c3cc(Cl)c(Cl)cc32)C1. The molecule has 0 bridgehead atoms. The summed E-state index contributed by atoms with van der Waals surface area (Å²) in [6.07, 6.45) is 2.31. The van der Waals surface area contributed by atoms with Gasteiger partial charge in [0.25, 0.3) is 0 Å². The smallest absolute Gasteiger partial charge is 0.178 e. The minimum absolute atomic E-state index is 0.338. The molecule has 3 rings (SSSR count). The fraction of sp³-hybridized carbons (Fsp3) is 0.417. The van der Waals surface area contributed by atoms with E-state index in [2.05, 4.69) is 9.55 Å². The number of imidazole rings is 1. The molecule has 1 aliphatic carbocycles. The Labute approximate surface area is 120 Å². The summed E-state index contributed by atoms with van der Waals surface area (Å²) in [4.78, 5) is 3.17. The van der Waals surface area contributed by atoms with Crippen LogP contribution < -0.4 is 0 Å². The fourth-order valence-corrected chi connectivity index (χ4v) is 3.10. The molecule has 3 nitrogen and oxygen atoms in total. The molecule has 2 aromatic rings. The number of nitrogens with one attached hydrogen (secondary N) is 1. The predicted molar refractivity (Wildman–Crippen MR) is 76.2 cm³/mol. The second-order valence-electron chi connectivity index (χ2n) is 4.57. The number of H-pyrrole nitrogens is 1. The van der Waals surface area contributed by atoms with Crippen molar-refractivity contribution in [3.8, 4) is 0 Å². The molecule has 1 aromatic heterocycles. The minimum atomic E-state index is 0.338. The first-order valence-electron chi connectivity index (χ1n) is 5.72. The third kappa shape index (κ3) is 1.88. The van der Waals surface area contributed by atoms with Crippen molar-refractivity contribution in [3.05, 3.63) is 26.9 Å². The number of methoxy groups -OCH3 is 1. The molecule has 1 saturated carbocycles. The third-order valence-corrected chi connectivity index (χ3v) is 4.55. The molecule has 1 aromatic carbocycles. The second kappa shape index (κ2) is 4.53. The van der Waals surface area contributed by atoms with Crippen LogP contribution in [0.5, 0.6) is 0 Å². The zero-order chi connectivity index (χ0) is 12.9. The fourth-order valence-electron chi connectivity index (χ4n) is 2.42. The van der Waals surface area contributed by atoms with E-state index in [1.807, 2.05) is 12.1 Å². The molecule has 1 aliphatic rings. The van der Waals surface area contributed by atoms with Crippen molar-refractivity contribution in [1.82, 2.24) is 9.55 Å². The number of rotatable bonds is 2. The van der Waals surface area contributed by atoms with Gasteiger partial charge in [0, 0.05) is 13.2 Å². The molecule has 6 heteroatoms. The molecule has 1 N–H and O–H groups in total. The lowest BCUT2D eigenvalue weighted by Gasteiger charge is -2.35. The van der Waals surface area contributed by atoms with Gasteiger partial charge in [-0.25, -0.2) is 0 Å². The van der Waals surface area contributed by atoms with Crippen LogP contribution in [0.1, 0.15) is 18.9 Å². The van der Waals surface area contributed by atoms with Crippen molar-refractivity contribution < 1.29 is 4.74 Å². The molecule has 0 atom stereocenters. The number of hydrogen-bond acceptors (Lipinski definition) is 2. The monoisotopic (exact) mass is 302 g/mol. The molecule has 96 valence electrons. The van der Waals surface area contributed by atoms with Crippen molar-refractivity contribution in [2.75, 3.05) is 7.11 Å². The number of nitrogens with zero attached hydrogens (tertiary/aromatic N) is 1. The van der Waals surface area contributed by atoms with Gasteiger partial charge in [0.1, 0.15) is 0 Å². The first-order chi connectivity index (χ1) is 8.60. The maximum atomic E-state index is 6.07. The van der Waals surface area contributed by atoms with Crippen LogP contribution in [0.15, 0.2) is 12.1 Å². The minimum Gasteiger partial charge on any atom is -0.381 e. The lowest BCUT2D eigenvalue weighted by molar-refractivity contribution is 0.00698. The highest BCUT2D eigenvalue weighted by atomic mass is 35.5. The van der Waals surface area contributed by atoms with Gasteiger partial charge in [-0.2, -0.15) is 0 Å². The van der Waals surface area contributed by atoms with Gasteiger partial charge in [-0.1, -0.05) is 23.2 Å². The standard InChI is InChI=1S/C12H12Cl2N2OS/c1-17-7-2-6(3-7)16-11-5-9(14)8(13)4-10(11)15-12(16)18/h4-7H,2-3H2,1H3,(H,15,18). The van der Waals surface area contributed by atoms with Crippen molar-refractivity contribution in [2.45, 2.75) is 25.0 Å². The van der Waals surface area contributed by atoms with Crippen LogP contribution in [0.25, 0.3) is 11.0 Å². The first kappa shape index (κ1) is 12.5. The van der Waals surface area contributed by atoms with E-state index in [4.69, 9.17) is 40.2 Å². The van der Waals surface area contributed by atoms with E-state index in [0.29, 0.717) is 27.0 Å². The van der Waals surface area contributed by atoms with E-state index in [9.17, 15) is 0 Å². The van der Waals surface area contributed by atoms with Crippen molar-refractivity contribution in [1.29, 1.82) is 0 Å². The Hall–Kier alpha value is -0.550. The van der Waals surface area contributed by atoms with E-state index >= 15 is 0 Å². The Bertz CT molecular complexity index is 658. The van der Waals surface area contributed by atoms with Crippen LogP contribution in [0.2, 0.25) is 10.0 Å². The summed E-state index contributed by atoms with van der Waals surface area (Å²) >= 11 is 17.5. The molecule has 1 fully saturated rings. The molecule has 0 amide bonds. The summed E-state index contributed by atoms with van der Waals surface area (Å²) < 4.78 is 8.13. The van der Waals surface area contributed by atoms with Gasteiger partial charge in [0.2, 0.25) is 0 Å². The highest BCUT2D eigenvalue weighted by molar-refractivity contribution is 7.71. The van der Waals surface area contributed by atoms with Gasteiger partial charge < -0.3 is 14.3 Å². The lowest BCUT2D eigenvalue weighted by atomic mass is 9.89. The molecule has 0 aliphatic heterocycles. The van der Waals surface area contributed by atoms with E-state index in [1.54, 1.807) is 7.11 Å². The molecule has 0 spiro atoms. The molecule has 0 saturated heterocycles. The molecular weight excluding hydrogens is 291 g/mol. The Morgan fingerprint density at radius 2 is 2.00 bits per heavy atom. The average molecular weight is 303 g/mol. The highest BCUT2D eigenvalue weighted by Gasteiger charge is 2.31. The summed E-state index contributed by atoms with van der Waals surface area (Å²) in [5, 5.41) is 1.09. The van der Waals surface area contributed by atoms with Gasteiger partial charge in [-0.05, 0) is 37.2 Å².